The van der Waals surface area contributed by atoms with Crippen molar-refractivity contribution in [2.45, 2.75) is 13.2 Å². The first-order valence-corrected chi connectivity index (χ1v) is 11.2. The highest BCUT2D eigenvalue weighted by atomic mass is 16.5. The smallest absolute Gasteiger partial charge is 0.361 e. The van der Waals surface area contributed by atoms with Gasteiger partial charge in [0.1, 0.15) is 11.5 Å². The molecule has 4 aromatic carbocycles. The van der Waals surface area contributed by atoms with Crippen molar-refractivity contribution in [3.05, 3.63) is 120 Å². The summed E-state index contributed by atoms with van der Waals surface area (Å²) in [5.41, 5.74) is 10.0. The summed E-state index contributed by atoms with van der Waals surface area (Å²) in [5, 5.41) is 0. The van der Waals surface area contributed by atoms with Gasteiger partial charge in [-0.3, -0.25) is 0 Å². The zero-order valence-corrected chi connectivity index (χ0v) is 18.6. The van der Waals surface area contributed by atoms with E-state index < -0.39 is 0 Å². The molecule has 0 aromatic heterocycles. The van der Waals surface area contributed by atoms with E-state index in [1.165, 1.54) is 0 Å². The first-order valence-electron chi connectivity index (χ1n) is 11.2. The van der Waals surface area contributed by atoms with Crippen molar-refractivity contribution in [1.82, 2.24) is 0 Å². The van der Waals surface area contributed by atoms with Gasteiger partial charge < -0.3 is 19.9 Å². The molecular weight excluding hydrogens is 409 g/mol. The average molecular weight is 437 g/mol. The highest BCUT2D eigenvalue weighted by molar-refractivity contribution is 6.80. The first kappa shape index (κ1) is 22.8. The number of nitrogens with two attached hydrogens (primary N) is 1. The Morgan fingerprint density at radius 3 is 1.94 bits per heavy atom. The van der Waals surface area contributed by atoms with Crippen molar-refractivity contribution < 1.29 is 14.1 Å². The molecular formula is C28H28BNO3. The molecule has 166 valence electrons. The summed E-state index contributed by atoms with van der Waals surface area (Å²) >= 11 is 0. The molecule has 0 spiro atoms. The fourth-order valence-electron chi connectivity index (χ4n) is 3.65. The Kier molecular flexibility index (Phi) is 8.31. The van der Waals surface area contributed by atoms with Gasteiger partial charge in [0.05, 0.1) is 13.2 Å². The van der Waals surface area contributed by atoms with E-state index >= 15 is 0 Å². The van der Waals surface area contributed by atoms with Crippen molar-refractivity contribution in [3.63, 3.8) is 0 Å². The molecule has 4 rings (SSSR count). The molecule has 4 aromatic rings. The maximum absolute atomic E-state index is 6.07. The Balaban J connectivity index is 1.38. The lowest BCUT2D eigenvalue weighted by atomic mass is 9.55. The lowest BCUT2D eigenvalue weighted by Gasteiger charge is -2.16. The van der Waals surface area contributed by atoms with Crippen molar-refractivity contribution in [3.8, 4) is 11.5 Å². The van der Waals surface area contributed by atoms with Crippen LogP contribution < -0.4 is 21.4 Å². The minimum Gasteiger partial charge on any atom is -0.457 e. The Labute approximate surface area is 196 Å². The molecule has 0 heterocycles. The van der Waals surface area contributed by atoms with Crippen LogP contribution >= 0.6 is 0 Å². The molecule has 0 aliphatic carbocycles. The summed E-state index contributed by atoms with van der Waals surface area (Å²) in [6, 6.07) is 36.3. The minimum atomic E-state index is -0.151. The summed E-state index contributed by atoms with van der Waals surface area (Å²) < 4.78 is 18.0. The fraction of sp³-hybridized carbons (Fsp3) is 0.143. The summed E-state index contributed by atoms with van der Waals surface area (Å²) in [7, 11) is 0. The Hall–Kier alpha value is -3.38. The van der Waals surface area contributed by atoms with Gasteiger partial charge in [0.15, 0.2) is 0 Å². The van der Waals surface area contributed by atoms with Gasteiger partial charge in [-0.2, -0.15) is 0 Å². The lowest BCUT2D eigenvalue weighted by Crippen LogP contribution is -2.46. The van der Waals surface area contributed by atoms with Gasteiger partial charge in [0.25, 0.3) is 0 Å². The van der Waals surface area contributed by atoms with E-state index in [2.05, 4.69) is 30.3 Å². The number of benzene rings is 4. The molecule has 0 radical (unpaired) electrons. The quantitative estimate of drug-likeness (QED) is 0.356. The number of ether oxygens (including phenoxy) is 2. The van der Waals surface area contributed by atoms with Crippen LogP contribution in [0.15, 0.2) is 109 Å². The molecule has 4 nitrogen and oxygen atoms in total. The number of hydrogen-bond donors (Lipinski definition) is 1. The van der Waals surface area contributed by atoms with Crippen molar-refractivity contribution in [2.24, 2.45) is 5.73 Å². The monoisotopic (exact) mass is 437 g/mol. The highest BCUT2D eigenvalue weighted by Crippen LogP contribution is 2.22. The number of para-hydroxylation sites is 1. The Morgan fingerprint density at radius 1 is 0.606 bits per heavy atom. The molecule has 5 heteroatoms. The lowest BCUT2D eigenvalue weighted by molar-refractivity contribution is 0.107. The summed E-state index contributed by atoms with van der Waals surface area (Å²) in [6.45, 7) is 1.85. The largest absolute Gasteiger partial charge is 0.457 e. The molecule has 0 amide bonds. The topological polar surface area (TPSA) is 53.7 Å². The third-order valence-corrected chi connectivity index (χ3v) is 5.17. The normalized spacial score (nSPS) is 10.7. The van der Waals surface area contributed by atoms with Crippen LogP contribution in [0.3, 0.4) is 0 Å². The van der Waals surface area contributed by atoms with E-state index in [1.807, 2.05) is 78.9 Å². The van der Waals surface area contributed by atoms with Crippen molar-refractivity contribution in [1.29, 1.82) is 0 Å². The molecule has 0 aliphatic heterocycles. The second kappa shape index (κ2) is 12.0. The SMILES string of the molecule is NCCOB(c1ccccc1)c1cccc(COCc2cccc(Oc3ccccc3)c2)c1. The standard InChI is InChI=1S/C28H28BNO3/c30-17-18-32-29(25-11-3-1-4-12-25)26-13-7-9-23(19-26)21-31-22-24-10-8-16-28(20-24)33-27-14-5-2-6-15-27/h1-16,19-20H,17-18,21-22,30H2. The summed E-state index contributed by atoms with van der Waals surface area (Å²) in [6.07, 6.45) is 0. The van der Waals surface area contributed by atoms with Crippen LogP contribution in [0.2, 0.25) is 0 Å². The Bertz CT molecular complexity index is 1120. The maximum Gasteiger partial charge on any atom is 0.361 e. The zero-order valence-electron chi connectivity index (χ0n) is 18.6. The predicted octanol–water partition coefficient (Wildman–Crippen LogP) is 4.28. The molecule has 0 bridgehead atoms. The third kappa shape index (κ3) is 6.80. The molecule has 0 fully saturated rings. The van der Waals surface area contributed by atoms with E-state index in [-0.39, 0.29) is 6.92 Å². The summed E-state index contributed by atoms with van der Waals surface area (Å²) in [4.78, 5) is 0. The van der Waals surface area contributed by atoms with Gasteiger partial charge in [-0.05, 0) is 46.3 Å². The van der Waals surface area contributed by atoms with Gasteiger partial charge in [0, 0.05) is 13.2 Å². The average Bonchev–Trinajstić information content (AvgIpc) is 2.86. The van der Waals surface area contributed by atoms with Crippen LogP contribution in [0.25, 0.3) is 0 Å². The highest BCUT2D eigenvalue weighted by Gasteiger charge is 2.21. The molecule has 0 atom stereocenters. The molecule has 33 heavy (non-hydrogen) atoms. The van der Waals surface area contributed by atoms with Crippen LogP contribution in [-0.4, -0.2) is 20.1 Å². The second-order valence-electron chi connectivity index (χ2n) is 7.75. The first-order chi connectivity index (χ1) is 16.3. The number of hydrogen-bond acceptors (Lipinski definition) is 4. The molecule has 0 saturated heterocycles. The van der Waals surface area contributed by atoms with Crippen LogP contribution in [0.5, 0.6) is 11.5 Å². The zero-order chi connectivity index (χ0) is 22.7. The van der Waals surface area contributed by atoms with E-state index in [9.17, 15) is 0 Å². The van der Waals surface area contributed by atoms with Gasteiger partial charge in [0.2, 0.25) is 0 Å². The number of rotatable bonds is 11. The van der Waals surface area contributed by atoms with Crippen molar-refractivity contribution >= 4 is 17.8 Å². The molecule has 0 unspecified atom stereocenters. The van der Waals surface area contributed by atoms with Crippen molar-refractivity contribution in [2.75, 3.05) is 13.2 Å². The molecule has 2 N–H and O–H groups in total. The predicted molar refractivity (Wildman–Crippen MR) is 134 cm³/mol. The molecule has 0 saturated carbocycles. The van der Waals surface area contributed by atoms with Crippen LogP contribution in [0, 0.1) is 0 Å². The Morgan fingerprint density at radius 2 is 1.21 bits per heavy atom. The minimum absolute atomic E-state index is 0.151. The van der Waals surface area contributed by atoms with E-state index in [0.717, 1.165) is 33.6 Å². The molecule has 0 aliphatic rings. The van der Waals surface area contributed by atoms with E-state index in [1.54, 1.807) is 0 Å². The fourth-order valence-corrected chi connectivity index (χ4v) is 3.65. The van der Waals surface area contributed by atoms with Gasteiger partial charge >= 0.3 is 6.92 Å². The van der Waals surface area contributed by atoms with Gasteiger partial charge in [-0.25, -0.2) is 0 Å². The second-order valence-corrected chi connectivity index (χ2v) is 7.75. The maximum atomic E-state index is 6.07. The summed E-state index contributed by atoms with van der Waals surface area (Å²) in [5.74, 6) is 1.62. The van der Waals surface area contributed by atoms with Crippen LogP contribution in [0.4, 0.5) is 0 Å². The third-order valence-electron chi connectivity index (χ3n) is 5.17. The van der Waals surface area contributed by atoms with E-state index in [0.29, 0.717) is 26.4 Å². The van der Waals surface area contributed by atoms with Gasteiger partial charge in [-0.1, -0.05) is 84.9 Å². The van der Waals surface area contributed by atoms with E-state index in [4.69, 9.17) is 19.9 Å². The van der Waals surface area contributed by atoms with Gasteiger partial charge in [-0.15, -0.1) is 0 Å². The van der Waals surface area contributed by atoms with Crippen LogP contribution in [-0.2, 0) is 22.6 Å². The van der Waals surface area contributed by atoms with Crippen LogP contribution in [0.1, 0.15) is 11.1 Å².